The Labute approximate surface area is 435 Å². The first-order chi connectivity index (χ1) is 34.5. The van der Waals surface area contributed by atoms with Gasteiger partial charge in [-0.25, -0.2) is 4.18 Å². The largest absolute Gasteiger partial charge is 0.397 e. The maximum absolute atomic E-state index is 13.1. The Morgan fingerprint density at radius 2 is 0.901 bits per heavy atom. The number of allylic oxidation sites excluding steroid dienone is 3. The molecule has 1 aliphatic rings. The highest BCUT2D eigenvalue weighted by molar-refractivity contribution is 7.80. The Kier molecular flexibility index (Phi) is 45.9. The molecule has 0 aromatic carbocycles. The van der Waals surface area contributed by atoms with E-state index in [9.17, 15) is 38.2 Å². The number of unbranched alkanes of at least 4 members (excludes halogenated alkanes) is 38. The lowest BCUT2D eigenvalue weighted by Crippen LogP contribution is -2.61. The van der Waals surface area contributed by atoms with Gasteiger partial charge in [-0.05, 0) is 44.9 Å². The van der Waals surface area contributed by atoms with Gasteiger partial charge in [-0.15, -0.1) is 0 Å². The number of rotatable bonds is 52. The molecule has 0 radical (unpaired) electrons. The van der Waals surface area contributed by atoms with E-state index in [1.54, 1.807) is 6.08 Å². The molecule has 12 nitrogen and oxygen atoms in total. The van der Waals surface area contributed by atoms with E-state index in [0.717, 1.165) is 44.9 Å². The monoisotopic (exact) mass is 1030 g/mol. The molecule has 0 saturated carbocycles. The van der Waals surface area contributed by atoms with E-state index in [1.165, 1.54) is 212 Å². The summed E-state index contributed by atoms with van der Waals surface area (Å²) < 4.78 is 47.9. The van der Waals surface area contributed by atoms with Crippen LogP contribution in [-0.2, 0) is 28.9 Å². The van der Waals surface area contributed by atoms with Crippen LogP contribution in [0.1, 0.15) is 284 Å². The molecule has 1 fully saturated rings. The van der Waals surface area contributed by atoms with Gasteiger partial charge in [0.25, 0.3) is 0 Å². The molecule has 1 saturated heterocycles. The molecule has 7 unspecified atom stereocenters. The van der Waals surface area contributed by atoms with Crippen molar-refractivity contribution in [1.82, 2.24) is 5.32 Å². The third-order valence-corrected chi connectivity index (χ3v) is 14.7. The van der Waals surface area contributed by atoms with Crippen LogP contribution in [0.25, 0.3) is 0 Å². The van der Waals surface area contributed by atoms with E-state index in [0.29, 0.717) is 6.42 Å². The minimum absolute atomic E-state index is 0.261. The summed E-state index contributed by atoms with van der Waals surface area (Å²) in [5.41, 5.74) is 0. The van der Waals surface area contributed by atoms with Crippen LogP contribution in [0.4, 0.5) is 0 Å². The Morgan fingerprint density at radius 3 is 1.27 bits per heavy atom. The van der Waals surface area contributed by atoms with Crippen LogP contribution in [0.3, 0.4) is 0 Å². The first-order valence-corrected chi connectivity index (χ1v) is 31.1. The molecule has 0 spiro atoms. The van der Waals surface area contributed by atoms with Crippen molar-refractivity contribution in [1.29, 1.82) is 0 Å². The number of aliphatic hydroxyl groups excluding tert-OH is 4. The average Bonchev–Trinajstić information content (AvgIpc) is 3.34. The fourth-order valence-electron chi connectivity index (χ4n) is 9.63. The maximum Gasteiger partial charge on any atom is 0.397 e. The van der Waals surface area contributed by atoms with Gasteiger partial charge < -0.3 is 35.2 Å². The van der Waals surface area contributed by atoms with E-state index in [-0.39, 0.29) is 18.9 Å². The zero-order chi connectivity index (χ0) is 51.9. The average molecular weight is 1030 g/mol. The third kappa shape index (κ3) is 40.6. The maximum atomic E-state index is 13.1. The summed E-state index contributed by atoms with van der Waals surface area (Å²) in [7, 11) is -5.09. The summed E-state index contributed by atoms with van der Waals surface area (Å²) in [5, 5.41) is 45.0. The number of carbonyl (C=O) groups excluding carboxylic acids is 1. The second kappa shape index (κ2) is 48.2. The molecule has 0 bridgehead atoms. The lowest BCUT2D eigenvalue weighted by molar-refractivity contribution is -0.298. The molecule has 1 amide bonds. The molecule has 1 heterocycles. The number of aliphatic hydroxyl groups is 4. The molecule has 1 aliphatic heterocycles. The Balaban J connectivity index is 2.36. The summed E-state index contributed by atoms with van der Waals surface area (Å²) >= 11 is 0. The molecule has 420 valence electrons. The Hall–Kier alpha value is -1.42. The molecular weight excluding hydrogens is 919 g/mol. The lowest BCUT2D eigenvalue weighted by atomic mass is 9.99. The standard InChI is InChI=1S/C58H111NO11S/c1-3-5-7-9-11-13-15-17-19-21-23-25-26-27-28-30-32-34-36-38-40-42-44-46-48-54(62)59-51(50-68-58-56(64)57(70-71(65,66)67)55(63)53(49-60)69-58)52(61)47-45-43-41-39-37-35-33-31-29-24-22-20-18-16-14-12-10-8-6-4-2/h27-28,45,47,51-53,55-58,60-61,63-64H,3-26,29-44,46,48-50H2,1-2H3,(H,59,62)(H,65,66,67)/b28-27-,47-45+. The van der Waals surface area contributed by atoms with Gasteiger partial charge in [0.1, 0.15) is 24.4 Å². The van der Waals surface area contributed by atoms with E-state index in [1.807, 2.05) is 6.08 Å². The van der Waals surface area contributed by atoms with Crippen LogP contribution < -0.4 is 5.32 Å². The molecule has 0 aromatic rings. The van der Waals surface area contributed by atoms with Crippen molar-refractivity contribution in [2.24, 2.45) is 0 Å². The summed E-state index contributed by atoms with van der Waals surface area (Å²) in [5.74, 6) is -0.261. The molecular formula is C58H111NO11S. The van der Waals surface area contributed by atoms with Crippen LogP contribution >= 0.6 is 0 Å². The molecule has 13 heteroatoms. The Bertz CT molecular complexity index is 1350. The normalized spacial score (nSPS) is 19.6. The minimum Gasteiger partial charge on any atom is -0.394 e. The van der Waals surface area contributed by atoms with Crippen molar-refractivity contribution in [3.63, 3.8) is 0 Å². The third-order valence-electron chi connectivity index (χ3n) is 14.2. The topological polar surface area (TPSA) is 192 Å². The van der Waals surface area contributed by atoms with Gasteiger partial charge in [0, 0.05) is 6.42 Å². The Morgan fingerprint density at radius 1 is 0.549 bits per heavy atom. The number of hydrogen-bond donors (Lipinski definition) is 6. The van der Waals surface area contributed by atoms with E-state index >= 15 is 0 Å². The second-order valence-corrected chi connectivity index (χ2v) is 22.0. The molecule has 7 atom stereocenters. The summed E-state index contributed by atoms with van der Waals surface area (Å²) in [6.07, 6.45) is 50.8. The van der Waals surface area contributed by atoms with Crippen LogP contribution in [-0.4, -0.2) is 95.4 Å². The smallest absolute Gasteiger partial charge is 0.394 e. The van der Waals surface area contributed by atoms with Crippen LogP contribution in [0.2, 0.25) is 0 Å². The highest BCUT2D eigenvalue weighted by Gasteiger charge is 2.48. The summed E-state index contributed by atoms with van der Waals surface area (Å²) in [6.45, 7) is 3.44. The fraction of sp³-hybridized carbons (Fsp3) is 0.914. The SMILES string of the molecule is CCCCCCCCCCCCCC/C=C\CCCCCCCCCCC(=O)NC(COC1OC(CO)C(O)C(OS(=O)(=O)O)C1O)C(O)/C=C/CCCCCCCCCCCCCCCCCCCC. The van der Waals surface area contributed by atoms with Crippen LogP contribution in [0.5, 0.6) is 0 Å². The van der Waals surface area contributed by atoms with E-state index in [4.69, 9.17) is 9.47 Å². The van der Waals surface area contributed by atoms with Gasteiger partial charge >= 0.3 is 10.4 Å². The first-order valence-electron chi connectivity index (χ1n) is 29.7. The van der Waals surface area contributed by atoms with Crippen molar-refractivity contribution in [3.05, 3.63) is 24.3 Å². The van der Waals surface area contributed by atoms with Crippen molar-refractivity contribution >= 4 is 16.3 Å². The summed E-state index contributed by atoms with van der Waals surface area (Å²) in [6, 6.07) is -0.945. The summed E-state index contributed by atoms with van der Waals surface area (Å²) in [4.78, 5) is 13.1. The fourth-order valence-corrected chi connectivity index (χ4v) is 10.1. The first kappa shape index (κ1) is 67.6. The van der Waals surface area contributed by atoms with Crippen LogP contribution in [0.15, 0.2) is 24.3 Å². The number of amides is 1. The van der Waals surface area contributed by atoms with Crippen molar-refractivity contribution < 1.29 is 51.8 Å². The quantitative estimate of drug-likeness (QED) is 0.0193. The van der Waals surface area contributed by atoms with Crippen molar-refractivity contribution in [2.75, 3.05) is 13.2 Å². The molecule has 1 rings (SSSR count). The van der Waals surface area contributed by atoms with E-state index < -0.39 is 59.9 Å². The molecule has 71 heavy (non-hydrogen) atoms. The highest BCUT2D eigenvalue weighted by atomic mass is 32.3. The number of ether oxygens (including phenoxy) is 2. The van der Waals surface area contributed by atoms with E-state index in [2.05, 4.69) is 35.5 Å². The number of nitrogens with one attached hydrogen (secondary N) is 1. The predicted molar refractivity (Wildman–Crippen MR) is 292 cm³/mol. The lowest BCUT2D eigenvalue weighted by Gasteiger charge is -2.41. The van der Waals surface area contributed by atoms with Gasteiger partial charge in [0.15, 0.2) is 6.29 Å². The van der Waals surface area contributed by atoms with Crippen LogP contribution in [0, 0.1) is 0 Å². The van der Waals surface area contributed by atoms with Gasteiger partial charge in [0.05, 0.1) is 25.4 Å². The molecule has 0 aliphatic carbocycles. The number of hydrogen-bond acceptors (Lipinski definition) is 10. The van der Waals surface area contributed by atoms with Crippen molar-refractivity contribution in [2.45, 2.75) is 326 Å². The van der Waals surface area contributed by atoms with Gasteiger partial charge in [0.2, 0.25) is 5.91 Å². The zero-order valence-electron chi connectivity index (χ0n) is 45.6. The molecule has 0 aromatic heterocycles. The second-order valence-electron chi connectivity index (χ2n) is 20.9. The van der Waals surface area contributed by atoms with Gasteiger partial charge in [-0.1, -0.05) is 256 Å². The number of carbonyl (C=O) groups is 1. The van der Waals surface area contributed by atoms with Gasteiger partial charge in [-0.3, -0.25) is 9.35 Å². The zero-order valence-corrected chi connectivity index (χ0v) is 46.4. The minimum atomic E-state index is -5.09. The molecule has 6 N–H and O–H groups in total. The van der Waals surface area contributed by atoms with Crippen molar-refractivity contribution in [3.8, 4) is 0 Å². The predicted octanol–water partition coefficient (Wildman–Crippen LogP) is 14.0. The van der Waals surface area contributed by atoms with Gasteiger partial charge in [-0.2, -0.15) is 8.42 Å². The highest BCUT2D eigenvalue weighted by Crippen LogP contribution is 2.26.